The van der Waals surface area contributed by atoms with Gasteiger partial charge in [0.1, 0.15) is 6.54 Å². The third kappa shape index (κ3) is 3.53. The molecule has 2 aromatic rings. The minimum absolute atomic E-state index is 0.0735. The lowest BCUT2D eigenvalue weighted by atomic mass is 9.83. The predicted octanol–water partition coefficient (Wildman–Crippen LogP) is 4.60. The van der Waals surface area contributed by atoms with Crippen LogP contribution in [0.3, 0.4) is 0 Å². The molecule has 6 rings (SSSR count). The quantitative estimate of drug-likeness (QED) is 0.774. The van der Waals surface area contributed by atoms with Crippen LogP contribution in [0.5, 0.6) is 0 Å². The van der Waals surface area contributed by atoms with Gasteiger partial charge in [-0.2, -0.15) is 0 Å². The van der Waals surface area contributed by atoms with E-state index in [1.807, 2.05) is 36.4 Å². The number of nitrogens with zero attached hydrogens (tertiary/aromatic N) is 1. The maximum Gasteiger partial charge on any atom is 0.412 e. The van der Waals surface area contributed by atoms with Crippen molar-refractivity contribution in [2.45, 2.75) is 44.2 Å². The number of fused-ring (bicyclic) bond motifs is 3. The fourth-order valence-electron chi connectivity index (χ4n) is 5.32. The van der Waals surface area contributed by atoms with Crippen LogP contribution in [0.4, 0.5) is 10.5 Å². The van der Waals surface area contributed by atoms with E-state index in [4.69, 9.17) is 4.74 Å². The summed E-state index contributed by atoms with van der Waals surface area (Å²) in [6.07, 6.45) is 5.70. The number of nitrogens with one attached hydrogen (secondary N) is 1. The first kappa shape index (κ1) is 17.7. The molecule has 1 aliphatic carbocycles. The number of carbonyl (C=O) groups is 1. The lowest BCUT2D eigenvalue weighted by Gasteiger charge is -2.52. The van der Waals surface area contributed by atoms with Crippen molar-refractivity contribution in [1.82, 2.24) is 0 Å². The highest BCUT2D eigenvalue weighted by Crippen LogP contribution is 2.44. The second-order valence-corrected chi connectivity index (χ2v) is 8.81. The summed E-state index contributed by atoms with van der Waals surface area (Å²) in [5.74, 6) is 0.545. The second kappa shape index (κ2) is 7.25. The number of para-hydroxylation sites is 1. The molecule has 0 radical (unpaired) electrons. The maximum atomic E-state index is 12.7. The number of hydrogen-bond donors (Lipinski definition) is 1. The molecule has 28 heavy (non-hydrogen) atoms. The van der Waals surface area contributed by atoms with Crippen LogP contribution in [0.1, 0.15) is 36.8 Å². The predicted molar refractivity (Wildman–Crippen MR) is 110 cm³/mol. The molecular formula is C24H29N2O2+. The van der Waals surface area contributed by atoms with E-state index in [-0.39, 0.29) is 12.2 Å². The maximum absolute atomic E-state index is 12.7. The molecule has 2 bridgehead atoms. The average molecular weight is 378 g/mol. The molecular weight excluding hydrogens is 348 g/mol. The van der Waals surface area contributed by atoms with Crippen molar-refractivity contribution in [3.05, 3.63) is 65.7 Å². The van der Waals surface area contributed by atoms with Gasteiger partial charge < -0.3 is 9.22 Å². The molecule has 3 saturated heterocycles. The average Bonchev–Trinajstić information content (AvgIpc) is 3.57. The molecule has 4 fully saturated rings. The number of rotatable bonds is 5. The first-order chi connectivity index (χ1) is 13.7. The SMILES string of the molecule is O=C(Nc1ccccc1Cc1ccccc1)OC1C[N+]2(C3CC3)CCC1CC2. The number of benzene rings is 2. The van der Waals surface area contributed by atoms with E-state index in [1.54, 1.807) is 0 Å². The minimum Gasteiger partial charge on any atom is -0.440 e. The Balaban J connectivity index is 1.25. The number of amides is 1. The molecule has 4 aliphatic rings. The summed E-state index contributed by atoms with van der Waals surface area (Å²) < 4.78 is 7.18. The van der Waals surface area contributed by atoms with E-state index in [9.17, 15) is 4.79 Å². The van der Waals surface area contributed by atoms with Gasteiger partial charge in [0.2, 0.25) is 0 Å². The molecule has 3 heterocycles. The highest BCUT2D eigenvalue weighted by atomic mass is 16.6. The molecule has 146 valence electrons. The molecule has 3 aliphatic heterocycles. The molecule has 1 amide bonds. The summed E-state index contributed by atoms with van der Waals surface area (Å²) in [6.45, 7) is 3.60. The fraction of sp³-hybridized carbons (Fsp3) is 0.458. The summed E-state index contributed by atoms with van der Waals surface area (Å²) in [6, 6.07) is 19.2. The Morgan fingerprint density at radius 2 is 1.68 bits per heavy atom. The first-order valence-electron chi connectivity index (χ1n) is 10.7. The number of piperidine rings is 3. The molecule has 4 nitrogen and oxygen atoms in total. The van der Waals surface area contributed by atoms with Crippen LogP contribution in [0.25, 0.3) is 0 Å². The molecule has 1 N–H and O–H groups in total. The van der Waals surface area contributed by atoms with E-state index < -0.39 is 0 Å². The fourth-order valence-corrected chi connectivity index (χ4v) is 5.32. The molecule has 1 unspecified atom stereocenters. The van der Waals surface area contributed by atoms with Crippen LogP contribution in [0, 0.1) is 5.92 Å². The van der Waals surface area contributed by atoms with Crippen molar-refractivity contribution in [2.24, 2.45) is 5.92 Å². The topological polar surface area (TPSA) is 38.3 Å². The van der Waals surface area contributed by atoms with Gasteiger partial charge in [-0.1, -0.05) is 48.5 Å². The van der Waals surface area contributed by atoms with Crippen LogP contribution in [-0.2, 0) is 11.2 Å². The van der Waals surface area contributed by atoms with Gasteiger partial charge in [0.15, 0.2) is 6.10 Å². The molecule has 1 saturated carbocycles. The summed E-state index contributed by atoms with van der Waals surface area (Å²) in [7, 11) is 0. The lowest BCUT2D eigenvalue weighted by molar-refractivity contribution is -0.955. The van der Waals surface area contributed by atoms with E-state index in [1.165, 1.54) is 48.8 Å². The Kier molecular flexibility index (Phi) is 4.59. The van der Waals surface area contributed by atoms with Crippen LogP contribution >= 0.6 is 0 Å². The van der Waals surface area contributed by atoms with Gasteiger partial charge in [-0.3, -0.25) is 5.32 Å². The highest BCUT2D eigenvalue weighted by molar-refractivity contribution is 5.85. The molecule has 0 aromatic heterocycles. The number of hydrogen-bond acceptors (Lipinski definition) is 2. The second-order valence-electron chi connectivity index (χ2n) is 8.81. The number of carbonyl (C=O) groups excluding carboxylic acids is 1. The normalized spacial score (nSPS) is 28.7. The minimum atomic E-state index is -0.298. The van der Waals surface area contributed by atoms with E-state index in [0.29, 0.717) is 5.92 Å². The highest BCUT2D eigenvalue weighted by Gasteiger charge is 2.54. The van der Waals surface area contributed by atoms with Crippen molar-refractivity contribution in [3.63, 3.8) is 0 Å². The van der Waals surface area contributed by atoms with Crippen molar-refractivity contribution in [2.75, 3.05) is 25.0 Å². The Bertz CT molecular complexity index is 839. The lowest BCUT2D eigenvalue weighted by Crippen LogP contribution is -2.65. The van der Waals surface area contributed by atoms with Gasteiger partial charge >= 0.3 is 6.09 Å². The largest absolute Gasteiger partial charge is 0.440 e. The Hall–Kier alpha value is -2.33. The first-order valence-corrected chi connectivity index (χ1v) is 10.7. The summed E-state index contributed by atoms with van der Waals surface area (Å²) in [4.78, 5) is 12.7. The van der Waals surface area contributed by atoms with Gasteiger partial charge in [0, 0.05) is 37.3 Å². The number of quaternary nitrogens is 1. The van der Waals surface area contributed by atoms with Crippen LogP contribution in [-0.4, -0.2) is 42.4 Å². The van der Waals surface area contributed by atoms with Gasteiger partial charge in [-0.25, -0.2) is 4.79 Å². The van der Waals surface area contributed by atoms with E-state index >= 15 is 0 Å². The van der Waals surface area contributed by atoms with E-state index in [0.717, 1.165) is 30.3 Å². The zero-order valence-corrected chi connectivity index (χ0v) is 16.3. The Morgan fingerprint density at radius 1 is 0.964 bits per heavy atom. The Labute approximate surface area is 167 Å². The van der Waals surface area contributed by atoms with Crippen LogP contribution in [0.2, 0.25) is 0 Å². The monoisotopic (exact) mass is 377 g/mol. The molecule has 1 atom stereocenters. The smallest absolute Gasteiger partial charge is 0.412 e. The Morgan fingerprint density at radius 3 is 2.43 bits per heavy atom. The third-order valence-corrected chi connectivity index (χ3v) is 7.03. The van der Waals surface area contributed by atoms with Crippen LogP contribution in [0.15, 0.2) is 54.6 Å². The summed E-state index contributed by atoms with van der Waals surface area (Å²) >= 11 is 0. The van der Waals surface area contributed by atoms with Crippen molar-refractivity contribution in [1.29, 1.82) is 0 Å². The van der Waals surface area contributed by atoms with Gasteiger partial charge in [-0.05, 0) is 23.6 Å². The van der Waals surface area contributed by atoms with Crippen LogP contribution < -0.4 is 5.32 Å². The van der Waals surface area contributed by atoms with Crippen molar-refractivity contribution in [3.8, 4) is 0 Å². The summed E-state index contributed by atoms with van der Waals surface area (Å²) in [5, 5.41) is 3.03. The van der Waals surface area contributed by atoms with Gasteiger partial charge in [0.25, 0.3) is 0 Å². The van der Waals surface area contributed by atoms with Crippen molar-refractivity contribution < 1.29 is 14.0 Å². The zero-order valence-electron chi connectivity index (χ0n) is 16.3. The zero-order chi connectivity index (χ0) is 19.0. The van der Waals surface area contributed by atoms with Gasteiger partial charge in [-0.15, -0.1) is 0 Å². The number of anilines is 1. The van der Waals surface area contributed by atoms with E-state index in [2.05, 4.69) is 23.5 Å². The summed E-state index contributed by atoms with van der Waals surface area (Å²) in [5.41, 5.74) is 3.20. The van der Waals surface area contributed by atoms with Crippen molar-refractivity contribution >= 4 is 11.8 Å². The molecule has 0 spiro atoms. The standard InChI is InChI=1S/C24H28N2O2/c27-24(28-23-17-26(21-10-11-21)14-12-19(23)13-15-26)25-22-9-5-4-8-20(22)16-18-6-2-1-3-7-18/h1-9,19,21,23H,10-17H2/p+1. The molecule has 2 aromatic carbocycles. The molecule has 4 heteroatoms. The van der Waals surface area contributed by atoms with Gasteiger partial charge in [0.05, 0.1) is 19.1 Å². The number of ether oxygens (including phenoxy) is 1. The third-order valence-electron chi connectivity index (χ3n) is 7.03.